The maximum Gasteiger partial charge on any atom is 0.0794 e. The molecule has 54 valence electrons. The fourth-order valence-electron chi connectivity index (χ4n) is 1.37. The van der Waals surface area contributed by atoms with Crippen LogP contribution in [-0.4, -0.2) is 16.3 Å². The van der Waals surface area contributed by atoms with Crippen molar-refractivity contribution in [3.8, 4) is 0 Å². The Kier molecular flexibility index (Phi) is 1.24. The molecule has 0 saturated heterocycles. The molecule has 2 heterocycles. The van der Waals surface area contributed by atoms with E-state index in [4.69, 9.17) is 0 Å². The van der Waals surface area contributed by atoms with Crippen molar-refractivity contribution in [3.05, 3.63) is 17.5 Å². The van der Waals surface area contributed by atoms with Gasteiger partial charge in [0.15, 0.2) is 0 Å². The first-order chi connectivity index (χ1) is 4.86. The molecule has 3 heteroatoms. The minimum atomic E-state index is 0.941. The van der Waals surface area contributed by atoms with Gasteiger partial charge >= 0.3 is 0 Å². The highest BCUT2D eigenvalue weighted by Crippen LogP contribution is 2.09. The lowest BCUT2D eigenvalue weighted by Crippen LogP contribution is -2.22. The van der Waals surface area contributed by atoms with E-state index in [0.717, 1.165) is 19.5 Å². The van der Waals surface area contributed by atoms with E-state index in [-0.39, 0.29) is 0 Å². The zero-order chi connectivity index (χ0) is 6.97. The minimum absolute atomic E-state index is 0.941. The Balaban J connectivity index is 2.41. The molecule has 0 atom stereocenters. The van der Waals surface area contributed by atoms with Crippen LogP contribution in [0.3, 0.4) is 0 Å². The van der Waals surface area contributed by atoms with Crippen LogP contribution >= 0.6 is 0 Å². The molecule has 0 amide bonds. The Bertz CT molecular complexity index is 215. The number of nitrogens with one attached hydrogen (secondary N) is 1. The quantitative estimate of drug-likeness (QED) is 0.548. The SMILES string of the molecule is Cn1cc2c(n1)CNCC2. The van der Waals surface area contributed by atoms with Gasteiger partial charge in [0.25, 0.3) is 0 Å². The van der Waals surface area contributed by atoms with Crippen molar-refractivity contribution >= 4 is 0 Å². The largest absolute Gasteiger partial charge is 0.311 e. The Labute approximate surface area is 60.0 Å². The Morgan fingerprint density at radius 2 is 2.60 bits per heavy atom. The number of fused-ring (bicyclic) bond motifs is 1. The summed E-state index contributed by atoms with van der Waals surface area (Å²) < 4.78 is 1.89. The van der Waals surface area contributed by atoms with E-state index in [1.54, 1.807) is 0 Å². The normalized spacial score (nSPS) is 16.9. The van der Waals surface area contributed by atoms with Crippen molar-refractivity contribution in [1.82, 2.24) is 15.1 Å². The number of hydrogen-bond donors (Lipinski definition) is 1. The van der Waals surface area contributed by atoms with E-state index in [1.807, 2.05) is 11.7 Å². The molecular formula is C7H11N3. The zero-order valence-electron chi connectivity index (χ0n) is 6.09. The van der Waals surface area contributed by atoms with E-state index in [9.17, 15) is 0 Å². The van der Waals surface area contributed by atoms with E-state index in [1.165, 1.54) is 11.3 Å². The van der Waals surface area contributed by atoms with Gasteiger partial charge in [0.2, 0.25) is 0 Å². The van der Waals surface area contributed by atoms with E-state index in [0.29, 0.717) is 0 Å². The predicted octanol–water partition coefficient (Wildman–Crippen LogP) is 0.0658. The van der Waals surface area contributed by atoms with Gasteiger partial charge in [-0.1, -0.05) is 0 Å². The summed E-state index contributed by atoms with van der Waals surface area (Å²) >= 11 is 0. The molecule has 0 saturated carbocycles. The maximum atomic E-state index is 4.31. The molecule has 0 radical (unpaired) electrons. The summed E-state index contributed by atoms with van der Waals surface area (Å²) in [6.45, 7) is 2.04. The summed E-state index contributed by atoms with van der Waals surface area (Å²) in [6.07, 6.45) is 3.24. The smallest absolute Gasteiger partial charge is 0.0794 e. The monoisotopic (exact) mass is 137 g/mol. The highest BCUT2D eigenvalue weighted by atomic mass is 15.3. The second-order valence-corrected chi connectivity index (χ2v) is 2.70. The predicted molar refractivity (Wildman–Crippen MR) is 38.6 cm³/mol. The first-order valence-corrected chi connectivity index (χ1v) is 3.58. The molecule has 1 aliphatic rings. The van der Waals surface area contributed by atoms with Crippen molar-refractivity contribution in [3.63, 3.8) is 0 Å². The lowest BCUT2D eigenvalue weighted by atomic mass is 10.1. The molecule has 1 N–H and O–H groups in total. The summed E-state index contributed by atoms with van der Waals surface area (Å²) in [5.74, 6) is 0. The average molecular weight is 137 g/mol. The first-order valence-electron chi connectivity index (χ1n) is 3.58. The molecule has 1 aromatic rings. The van der Waals surface area contributed by atoms with Gasteiger partial charge in [-0.3, -0.25) is 4.68 Å². The van der Waals surface area contributed by atoms with Gasteiger partial charge in [0.1, 0.15) is 0 Å². The second-order valence-electron chi connectivity index (χ2n) is 2.70. The molecular weight excluding hydrogens is 126 g/mol. The van der Waals surface area contributed by atoms with Crippen molar-refractivity contribution in [2.75, 3.05) is 6.54 Å². The fourth-order valence-corrected chi connectivity index (χ4v) is 1.37. The van der Waals surface area contributed by atoms with Crippen LogP contribution in [0.25, 0.3) is 0 Å². The van der Waals surface area contributed by atoms with Gasteiger partial charge in [-0.2, -0.15) is 5.10 Å². The van der Waals surface area contributed by atoms with Gasteiger partial charge in [-0.05, 0) is 18.5 Å². The third kappa shape index (κ3) is 0.827. The van der Waals surface area contributed by atoms with Crippen molar-refractivity contribution in [1.29, 1.82) is 0 Å². The lowest BCUT2D eigenvalue weighted by molar-refractivity contribution is 0.625. The molecule has 2 rings (SSSR count). The number of aromatic nitrogens is 2. The van der Waals surface area contributed by atoms with Crippen LogP contribution in [-0.2, 0) is 20.0 Å². The van der Waals surface area contributed by atoms with Crippen molar-refractivity contribution in [2.24, 2.45) is 7.05 Å². The molecule has 0 spiro atoms. The molecule has 10 heavy (non-hydrogen) atoms. The molecule has 0 unspecified atom stereocenters. The fraction of sp³-hybridized carbons (Fsp3) is 0.571. The molecule has 0 aliphatic carbocycles. The second kappa shape index (κ2) is 2.09. The van der Waals surface area contributed by atoms with Crippen LogP contribution < -0.4 is 5.32 Å². The summed E-state index contributed by atoms with van der Waals surface area (Å²) in [5, 5.41) is 7.58. The van der Waals surface area contributed by atoms with Crippen molar-refractivity contribution in [2.45, 2.75) is 13.0 Å². The number of aryl methyl sites for hydroxylation is 1. The Hall–Kier alpha value is -0.830. The lowest BCUT2D eigenvalue weighted by Gasteiger charge is -2.09. The molecule has 0 aromatic carbocycles. The Morgan fingerprint density at radius 3 is 3.40 bits per heavy atom. The highest BCUT2D eigenvalue weighted by Gasteiger charge is 2.10. The molecule has 1 aromatic heterocycles. The van der Waals surface area contributed by atoms with Crippen LogP contribution in [0.1, 0.15) is 11.3 Å². The topological polar surface area (TPSA) is 29.9 Å². The molecule has 1 aliphatic heterocycles. The Morgan fingerprint density at radius 1 is 1.70 bits per heavy atom. The number of nitrogens with zero attached hydrogens (tertiary/aromatic N) is 2. The minimum Gasteiger partial charge on any atom is -0.311 e. The summed E-state index contributed by atoms with van der Waals surface area (Å²) in [5.41, 5.74) is 2.62. The van der Waals surface area contributed by atoms with Crippen molar-refractivity contribution < 1.29 is 0 Å². The first kappa shape index (κ1) is 5.92. The summed E-state index contributed by atoms with van der Waals surface area (Å²) in [4.78, 5) is 0. The van der Waals surface area contributed by atoms with Crippen LogP contribution in [0.15, 0.2) is 6.20 Å². The zero-order valence-corrected chi connectivity index (χ0v) is 6.09. The van der Waals surface area contributed by atoms with Crippen LogP contribution in [0, 0.1) is 0 Å². The molecule has 3 nitrogen and oxygen atoms in total. The van der Waals surface area contributed by atoms with Gasteiger partial charge in [-0.15, -0.1) is 0 Å². The third-order valence-electron chi connectivity index (χ3n) is 1.86. The average Bonchev–Trinajstić information content (AvgIpc) is 2.27. The molecule has 0 fully saturated rings. The standard InChI is InChI=1S/C7H11N3/c1-10-5-6-2-3-8-4-7(6)9-10/h5,8H,2-4H2,1H3. The van der Waals surface area contributed by atoms with E-state index < -0.39 is 0 Å². The number of rotatable bonds is 0. The molecule has 0 bridgehead atoms. The third-order valence-corrected chi connectivity index (χ3v) is 1.86. The maximum absolute atomic E-state index is 4.31. The van der Waals surface area contributed by atoms with Crippen LogP contribution in [0.5, 0.6) is 0 Å². The van der Waals surface area contributed by atoms with Gasteiger partial charge in [0.05, 0.1) is 5.69 Å². The van der Waals surface area contributed by atoms with Gasteiger partial charge < -0.3 is 5.32 Å². The summed E-state index contributed by atoms with van der Waals surface area (Å²) in [6, 6.07) is 0. The summed E-state index contributed by atoms with van der Waals surface area (Å²) in [7, 11) is 1.97. The number of hydrogen-bond acceptors (Lipinski definition) is 2. The van der Waals surface area contributed by atoms with E-state index >= 15 is 0 Å². The van der Waals surface area contributed by atoms with E-state index in [2.05, 4.69) is 16.6 Å². The van der Waals surface area contributed by atoms with Gasteiger partial charge in [0, 0.05) is 19.8 Å². The van der Waals surface area contributed by atoms with Gasteiger partial charge in [-0.25, -0.2) is 0 Å². The highest BCUT2D eigenvalue weighted by molar-refractivity contribution is 5.19. The van der Waals surface area contributed by atoms with Crippen LogP contribution in [0.2, 0.25) is 0 Å². The van der Waals surface area contributed by atoms with Crippen LogP contribution in [0.4, 0.5) is 0 Å².